The molecule has 1 fully saturated rings. The van der Waals surface area contributed by atoms with Crippen molar-refractivity contribution < 1.29 is 9.53 Å². The van der Waals surface area contributed by atoms with Gasteiger partial charge in [0.25, 0.3) is 0 Å². The van der Waals surface area contributed by atoms with E-state index in [9.17, 15) is 4.79 Å². The monoisotopic (exact) mass is 344 g/mol. The van der Waals surface area contributed by atoms with E-state index < -0.39 is 5.60 Å². The van der Waals surface area contributed by atoms with Gasteiger partial charge in [-0.15, -0.1) is 0 Å². The average molecular weight is 345 g/mol. The number of anilines is 1. The highest BCUT2D eigenvalue weighted by Gasteiger charge is 2.30. The van der Waals surface area contributed by atoms with Crippen LogP contribution in [0.15, 0.2) is 18.2 Å². The van der Waals surface area contributed by atoms with Crippen LogP contribution in [0.4, 0.5) is 10.5 Å². The van der Waals surface area contributed by atoms with E-state index in [-0.39, 0.29) is 12.1 Å². The zero-order chi connectivity index (χ0) is 16.5. The minimum absolute atomic E-state index is 0.163. The number of hydrogen-bond acceptors (Lipinski definition) is 3. The number of amides is 1. The summed E-state index contributed by atoms with van der Waals surface area (Å²) in [5.41, 5.74) is 0.506. The Morgan fingerprint density at radius 3 is 2.27 bits per heavy atom. The minimum Gasteiger partial charge on any atom is -0.444 e. The van der Waals surface area contributed by atoms with E-state index in [0.29, 0.717) is 23.1 Å². The summed E-state index contributed by atoms with van der Waals surface area (Å²) in [7, 11) is 0. The molecule has 0 N–H and O–H groups in total. The first-order valence-electron chi connectivity index (χ1n) is 7.36. The van der Waals surface area contributed by atoms with Crippen LogP contribution in [-0.4, -0.2) is 42.3 Å². The Morgan fingerprint density at radius 2 is 1.77 bits per heavy atom. The second-order valence-corrected chi connectivity index (χ2v) is 7.47. The normalized spacial score (nSPS) is 19.3. The fraction of sp³-hybridized carbons (Fsp3) is 0.562. The molecule has 0 aromatic heterocycles. The predicted octanol–water partition coefficient (Wildman–Crippen LogP) is 4.44. The van der Waals surface area contributed by atoms with Crippen molar-refractivity contribution >= 4 is 35.0 Å². The molecule has 0 radical (unpaired) electrons. The third-order valence-corrected chi connectivity index (χ3v) is 3.89. The molecule has 1 atom stereocenters. The Balaban J connectivity index is 2.05. The molecule has 4 nitrogen and oxygen atoms in total. The van der Waals surface area contributed by atoms with Gasteiger partial charge in [-0.05, 0) is 45.9 Å². The van der Waals surface area contributed by atoms with Crippen molar-refractivity contribution in [2.24, 2.45) is 0 Å². The number of nitrogens with zero attached hydrogens (tertiary/aromatic N) is 2. The fourth-order valence-corrected chi connectivity index (χ4v) is 3.05. The first kappa shape index (κ1) is 17.2. The fourth-order valence-electron chi connectivity index (χ4n) is 2.54. The maximum Gasteiger partial charge on any atom is 0.410 e. The molecule has 1 amide bonds. The van der Waals surface area contributed by atoms with Gasteiger partial charge in [0.1, 0.15) is 5.60 Å². The minimum atomic E-state index is -0.474. The van der Waals surface area contributed by atoms with Gasteiger partial charge in [0.2, 0.25) is 0 Å². The molecule has 22 heavy (non-hydrogen) atoms. The molecular weight excluding hydrogens is 323 g/mol. The van der Waals surface area contributed by atoms with Gasteiger partial charge >= 0.3 is 6.09 Å². The van der Waals surface area contributed by atoms with Crippen LogP contribution in [0.1, 0.15) is 27.7 Å². The van der Waals surface area contributed by atoms with E-state index in [2.05, 4.69) is 11.8 Å². The van der Waals surface area contributed by atoms with Gasteiger partial charge in [0.15, 0.2) is 0 Å². The average Bonchev–Trinajstić information content (AvgIpc) is 2.35. The smallest absolute Gasteiger partial charge is 0.410 e. The standard InChI is InChI=1S/C16H22Cl2N2O2/c1-11-10-19(15(21)22-16(2,3)4)5-6-20(11)14-8-12(17)7-13(18)9-14/h7-9,11H,5-6,10H2,1-4H3. The summed E-state index contributed by atoms with van der Waals surface area (Å²) in [4.78, 5) is 16.1. The Bertz CT molecular complexity index is 537. The van der Waals surface area contributed by atoms with Gasteiger partial charge < -0.3 is 14.5 Å². The number of carbonyl (C=O) groups excluding carboxylic acids is 1. The van der Waals surface area contributed by atoms with Crippen molar-refractivity contribution in [1.82, 2.24) is 4.90 Å². The van der Waals surface area contributed by atoms with E-state index in [1.807, 2.05) is 32.9 Å². The van der Waals surface area contributed by atoms with Crippen LogP contribution in [0.25, 0.3) is 0 Å². The number of benzene rings is 1. The molecule has 2 rings (SSSR count). The number of piperazine rings is 1. The lowest BCUT2D eigenvalue weighted by atomic mass is 10.1. The molecule has 1 aliphatic rings. The molecule has 0 saturated carbocycles. The van der Waals surface area contributed by atoms with Gasteiger partial charge in [-0.25, -0.2) is 4.79 Å². The first-order chi connectivity index (χ1) is 10.2. The molecule has 6 heteroatoms. The van der Waals surface area contributed by atoms with Crippen molar-refractivity contribution in [3.63, 3.8) is 0 Å². The van der Waals surface area contributed by atoms with Gasteiger partial charge in [-0.3, -0.25) is 0 Å². The van der Waals surface area contributed by atoms with E-state index >= 15 is 0 Å². The molecule has 0 bridgehead atoms. The Kier molecular flexibility index (Phi) is 5.13. The molecule has 0 aliphatic carbocycles. The lowest BCUT2D eigenvalue weighted by molar-refractivity contribution is 0.0219. The van der Waals surface area contributed by atoms with Gasteiger partial charge in [0, 0.05) is 41.4 Å². The van der Waals surface area contributed by atoms with E-state index in [4.69, 9.17) is 27.9 Å². The molecule has 1 unspecified atom stereocenters. The largest absolute Gasteiger partial charge is 0.444 e. The van der Waals surface area contributed by atoms with Crippen LogP contribution in [0.5, 0.6) is 0 Å². The van der Waals surface area contributed by atoms with Crippen molar-refractivity contribution in [1.29, 1.82) is 0 Å². The van der Waals surface area contributed by atoms with Crippen molar-refractivity contribution in [2.75, 3.05) is 24.5 Å². The summed E-state index contributed by atoms with van der Waals surface area (Å²) in [5, 5.41) is 1.23. The molecule has 122 valence electrons. The maximum atomic E-state index is 12.2. The van der Waals surface area contributed by atoms with E-state index in [0.717, 1.165) is 12.2 Å². The quantitative estimate of drug-likeness (QED) is 0.754. The van der Waals surface area contributed by atoms with Crippen LogP contribution in [0.2, 0.25) is 10.0 Å². The predicted molar refractivity (Wildman–Crippen MR) is 91.1 cm³/mol. The summed E-state index contributed by atoms with van der Waals surface area (Å²) in [6.45, 7) is 9.64. The molecule has 1 saturated heterocycles. The van der Waals surface area contributed by atoms with Gasteiger partial charge in [-0.1, -0.05) is 23.2 Å². The molecular formula is C16H22Cl2N2O2. The van der Waals surface area contributed by atoms with Crippen LogP contribution < -0.4 is 4.90 Å². The lowest BCUT2D eigenvalue weighted by Crippen LogP contribution is -2.54. The number of ether oxygens (including phenoxy) is 1. The highest BCUT2D eigenvalue weighted by atomic mass is 35.5. The van der Waals surface area contributed by atoms with Crippen molar-refractivity contribution in [3.8, 4) is 0 Å². The van der Waals surface area contributed by atoms with Crippen molar-refractivity contribution in [3.05, 3.63) is 28.2 Å². The molecule has 0 spiro atoms. The van der Waals surface area contributed by atoms with Gasteiger partial charge in [0.05, 0.1) is 0 Å². The summed E-state index contributed by atoms with van der Waals surface area (Å²) in [6.07, 6.45) is -0.261. The van der Waals surface area contributed by atoms with Gasteiger partial charge in [-0.2, -0.15) is 0 Å². The zero-order valence-electron chi connectivity index (χ0n) is 13.4. The number of hydrogen-bond donors (Lipinski definition) is 0. The number of carbonyl (C=O) groups is 1. The molecule has 1 aliphatic heterocycles. The second-order valence-electron chi connectivity index (χ2n) is 6.60. The third-order valence-electron chi connectivity index (χ3n) is 3.46. The Labute approximate surface area is 141 Å². The van der Waals surface area contributed by atoms with Crippen LogP contribution >= 0.6 is 23.2 Å². The zero-order valence-corrected chi connectivity index (χ0v) is 14.9. The number of halogens is 2. The topological polar surface area (TPSA) is 32.8 Å². The number of rotatable bonds is 1. The lowest BCUT2D eigenvalue weighted by Gasteiger charge is -2.41. The summed E-state index contributed by atoms with van der Waals surface area (Å²) < 4.78 is 5.43. The Hall–Kier alpha value is -1.13. The highest BCUT2D eigenvalue weighted by Crippen LogP contribution is 2.28. The summed E-state index contributed by atoms with van der Waals surface area (Å²) in [6, 6.07) is 5.67. The summed E-state index contributed by atoms with van der Waals surface area (Å²) >= 11 is 12.1. The van der Waals surface area contributed by atoms with E-state index in [1.54, 1.807) is 11.0 Å². The molecule has 1 aromatic rings. The van der Waals surface area contributed by atoms with Crippen LogP contribution in [-0.2, 0) is 4.74 Å². The summed E-state index contributed by atoms with van der Waals surface area (Å²) in [5.74, 6) is 0. The van der Waals surface area contributed by atoms with Crippen LogP contribution in [0.3, 0.4) is 0 Å². The first-order valence-corrected chi connectivity index (χ1v) is 8.12. The second kappa shape index (κ2) is 6.55. The third kappa shape index (κ3) is 4.43. The Morgan fingerprint density at radius 1 is 1.18 bits per heavy atom. The maximum absolute atomic E-state index is 12.2. The molecule has 1 heterocycles. The molecule has 1 aromatic carbocycles. The highest BCUT2D eigenvalue weighted by molar-refractivity contribution is 6.35. The van der Waals surface area contributed by atoms with E-state index in [1.165, 1.54) is 0 Å². The van der Waals surface area contributed by atoms with Crippen LogP contribution in [0, 0.1) is 0 Å². The van der Waals surface area contributed by atoms with Crippen molar-refractivity contribution in [2.45, 2.75) is 39.3 Å². The SMILES string of the molecule is CC1CN(C(=O)OC(C)(C)C)CCN1c1cc(Cl)cc(Cl)c1.